The Morgan fingerprint density at radius 1 is 1.64 bits per heavy atom. The molecular weight excluding hydrogens is 184 g/mol. The molecule has 1 aromatic rings. The van der Waals surface area contributed by atoms with E-state index in [1.807, 2.05) is 6.92 Å². The van der Waals surface area contributed by atoms with E-state index in [0.717, 1.165) is 0 Å². The van der Waals surface area contributed by atoms with Crippen molar-refractivity contribution >= 4 is 5.97 Å². The summed E-state index contributed by atoms with van der Waals surface area (Å²) >= 11 is 0. The molecule has 2 N–H and O–H groups in total. The fourth-order valence-electron chi connectivity index (χ4n) is 1.12. The van der Waals surface area contributed by atoms with Gasteiger partial charge < -0.3 is 4.74 Å². The number of H-pyrrole nitrogens is 1. The van der Waals surface area contributed by atoms with Gasteiger partial charge in [0.2, 0.25) is 0 Å². The Bertz CT molecular complexity index is 286. The first kappa shape index (κ1) is 10.6. The number of methoxy groups -OCH3 is 1. The number of rotatable bonds is 4. The van der Waals surface area contributed by atoms with Crippen LogP contribution < -0.4 is 5.32 Å². The monoisotopic (exact) mass is 198 g/mol. The van der Waals surface area contributed by atoms with Crippen LogP contribution in [-0.4, -0.2) is 34.3 Å². The van der Waals surface area contributed by atoms with Gasteiger partial charge in [-0.1, -0.05) is 0 Å². The van der Waals surface area contributed by atoms with E-state index >= 15 is 0 Å². The molecule has 0 spiro atoms. The first-order chi connectivity index (χ1) is 6.65. The van der Waals surface area contributed by atoms with Crippen LogP contribution in [0.4, 0.5) is 0 Å². The molecule has 14 heavy (non-hydrogen) atoms. The minimum absolute atomic E-state index is 0.0633. The number of ether oxygens (including phenoxy) is 1. The Morgan fingerprint density at radius 2 is 2.36 bits per heavy atom. The second kappa shape index (κ2) is 4.71. The third kappa shape index (κ3) is 2.53. The topological polar surface area (TPSA) is 79.9 Å². The van der Waals surface area contributed by atoms with Crippen LogP contribution in [0.5, 0.6) is 0 Å². The lowest BCUT2D eigenvalue weighted by Gasteiger charge is -2.15. The minimum Gasteiger partial charge on any atom is -0.468 e. The van der Waals surface area contributed by atoms with Gasteiger partial charge >= 0.3 is 5.97 Å². The Morgan fingerprint density at radius 3 is 2.86 bits per heavy atom. The van der Waals surface area contributed by atoms with Crippen molar-refractivity contribution in [1.29, 1.82) is 0 Å². The second-order valence-electron chi connectivity index (χ2n) is 3.00. The number of carbonyl (C=O) groups excluding carboxylic acids is 1. The predicted octanol–water partition coefficient (Wildman–Crippen LogP) is 0.0168. The number of hydrogen-bond acceptors (Lipinski definition) is 5. The first-order valence-electron chi connectivity index (χ1n) is 4.34. The van der Waals surface area contributed by atoms with Crippen molar-refractivity contribution in [2.24, 2.45) is 0 Å². The van der Waals surface area contributed by atoms with Crippen LogP contribution in [0.15, 0.2) is 6.33 Å². The van der Waals surface area contributed by atoms with Crippen LogP contribution >= 0.6 is 0 Å². The van der Waals surface area contributed by atoms with E-state index in [0.29, 0.717) is 5.82 Å². The Kier molecular flexibility index (Phi) is 3.58. The molecule has 0 aliphatic carbocycles. The number of nitrogens with one attached hydrogen (secondary N) is 2. The summed E-state index contributed by atoms with van der Waals surface area (Å²) in [4.78, 5) is 15.1. The molecular formula is C8H14N4O2. The normalized spacial score (nSPS) is 14.8. The largest absolute Gasteiger partial charge is 0.468 e. The average molecular weight is 198 g/mol. The van der Waals surface area contributed by atoms with Crippen LogP contribution in [0, 0.1) is 0 Å². The molecule has 1 heterocycles. The molecule has 0 aliphatic rings. The van der Waals surface area contributed by atoms with Gasteiger partial charge in [-0.3, -0.25) is 15.2 Å². The van der Waals surface area contributed by atoms with Gasteiger partial charge in [0, 0.05) is 0 Å². The van der Waals surface area contributed by atoms with E-state index < -0.39 is 0 Å². The van der Waals surface area contributed by atoms with Gasteiger partial charge in [-0.25, -0.2) is 4.98 Å². The zero-order valence-electron chi connectivity index (χ0n) is 8.44. The van der Waals surface area contributed by atoms with Crippen LogP contribution in [0.3, 0.4) is 0 Å². The molecule has 6 heteroatoms. The number of aromatic amines is 1. The average Bonchev–Trinajstić information content (AvgIpc) is 2.69. The summed E-state index contributed by atoms with van der Waals surface area (Å²) < 4.78 is 4.58. The predicted molar refractivity (Wildman–Crippen MR) is 49.4 cm³/mol. The molecule has 0 amide bonds. The third-order valence-corrected chi connectivity index (χ3v) is 1.90. The van der Waals surface area contributed by atoms with E-state index in [1.54, 1.807) is 6.92 Å². The van der Waals surface area contributed by atoms with Crippen molar-refractivity contribution in [3.8, 4) is 0 Å². The van der Waals surface area contributed by atoms with E-state index in [2.05, 4.69) is 25.2 Å². The summed E-state index contributed by atoms with van der Waals surface area (Å²) in [6.07, 6.45) is 1.43. The van der Waals surface area contributed by atoms with Crippen molar-refractivity contribution < 1.29 is 9.53 Å². The smallest absolute Gasteiger partial charge is 0.322 e. The summed E-state index contributed by atoms with van der Waals surface area (Å²) in [5.74, 6) is 0.400. The fraction of sp³-hybridized carbons (Fsp3) is 0.625. The van der Waals surface area contributed by atoms with Crippen LogP contribution in [-0.2, 0) is 9.53 Å². The summed E-state index contributed by atoms with van der Waals surface area (Å²) in [7, 11) is 1.36. The molecule has 0 saturated carbocycles. The molecule has 1 rings (SSSR count). The molecule has 1 aromatic heterocycles. The van der Waals surface area contributed by atoms with E-state index in [1.165, 1.54) is 13.4 Å². The third-order valence-electron chi connectivity index (χ3n) is 1.90. The second-order valence-corrected chi connectivity index (χ2v) is 3.00. The highest BCUT2D eigenvalue weighted by molar-refractivity contribution is 5.75. The highest BCUT2D eigenvalue weighted by Gasteiger charge is 2.17. The molecule has 78 valence electrons. The SMILES string of the molecule is COC(=O)C(C)NC(C)c1ncn[nH]1. The zero-order valence-corrected chi connectivity index (χ0v) is 8.44. The zero-order chi connectivity index (χ0) is 10.6. The standard InChI is InChI=1S/C8H14N4O2/c1-5(7-9-4-10-12-7)11-6(2)8(13)14-3/h4-6,11H,1-3H3,(H,9,10,12). The maximum Gasteiger partial charge on any atom is 0.322 e. The molecule has 0 aliphatic heterocycles. The lowest BCUT2D eigenvalue weighted by molar-refractivity contribution is -0.142. The summed E-state index contributed by atoms with van der Waals surface area (Å²) in [5, 5.41) is 9.47. The Labute approximate surface area is 82.1 Å². The first-order valence-corrected chi connectivity index (χ1v) is 4.34. The van der Waals surface area contributed by atoms with Gasteiger partial charge in [-0.15, -0.1) is 0 Å². The number of carbonyl (C=O) groups is 1. The Hall–Kier alpha value is -1.43. The van der Waals surface area contributed by atoms with Crippen molar-refractivity contribution in [1.82, 2.24) is 20.5 Å². The quantitative estimate of drug-likeness (QED) is 0.666. The molecule has 2 atom stereocenters. The van der Waals surface area contributed by atoms with E-state index in [4.69, 9.17) is 0 Å². The van der Waals surface area contributed by atoms with Crippen LogP contribution in [0.25, 0.3) is 0 Å². The van der Waals surface area contributed by atoms with Crippen LogP contribution in [0.2, 0.25) is 0 Å². The molecule has 0 aromatic carbocycles. The van der Waals surface area contributed by atoms with Crippen LogP contribution in [0.1, 0.15) is 25.7 Å². The Balaban J connectivity index is 2.49. The van der Waals surface area contributed by atoms with E-state index in [9.17, 15) is 4.79 Å². The number of esters is 1. The molecule has 0 bridgehead atoms. The summed E-state index contributed by atoms with van der Waals surface area (Å²) in [6, 6.07) is -0.424. The minimum atomic E-state index is -0.361. The summed E-state index contributed by atoms with van der Waals surface area (Å²) in [6.45, 7) is 3.62. The van der Waals surface area contributed by atoms with Gasteiger partial charge in [0.15, 0.2) is 0 Å². The fourth-order valence-corrected chi connectivity index (χ4v) is 1.12. The lowest BCUT2D eigenvalue weighted by Crippen LogP contribution is -2.36. The summed E-state index contributed by atoms with van der Waals surface area (Å²) in [5.41, 5.74) is 0. The number of nitrogens with zero attached hydrogens (tertiary/aromatic N) is 2. The van der Waals surface area contributed by atoms with Gasteiger partial charge in [-0.05, 0) is 13.8 Å². The maximum atomic E-state index is 11.1. The highest BCUT2D eigenvalue weighted by atomic mass is 16.5. The molecule has 6 nitrogen and oxygen atoms in total. The molecule has 0 saturated heterocycles. The maximum absolute atomic E-state index is 11.1. The van der Waals surface area contributed by atoms with Gasteiger partial charge in [0.25, 0.3) is 0 Å². The highest BCUT2D eigenvalue weighted by Crippen LogP contribution is 2.05. The molecule has 2 unspecified atom stereocenters. The molecule has 0 radical (unpaired) electrons. The van der Waals surface area contributed by atoms with Gasteiger partial charge in [0.05, 0.1) is 13.2 Å². The van der Waals surface area contributed by atoms with Crippen molar-refractivity contribution in [3.05, 3.63) is 12.2 Å². The van der Waals surface area contributed by atoms with Crippen molar-refractivity contribution in [3.63, 3.8) is 0 Å². The van der Waals surface area contributed by atoms with Crippen molar-refractivity contribution in [2.75, 3.05) is 7.11 Å². The number of hydrogen-bond donors (Lipinski definition) is 2. The van der Waals surface area contributed by atoms with Crippen molar-refractivity contribution in [2.45, 2.75) is 25.9 Å². The van der Waals surface area contributed by atoms with Gasteiger partial charge in [0.1, 0.15) is 18.2 Å². The van der Waals surface area contributed by atoms with E-state index in [-0.39, 0.29) is 18.1 Å². The molecule has 0 fully saturated rings. The number of aromatic nitrogens is 3. The van der Waals surface area contributed by atoms with Gasteiger partial charge in [-0.2, -0.15) is 5.10 Å². The lowest BCUT2D eigenvalue weighted by atomic mass is 10.2.